The van der Waals surface area contributed by atoms with E-state index >= 15 is 0 Å². The molecule has 9 heteroatoms. The largest absolute Gasteiger partial charge is 0.472 e. The topological polar surface area (TPSA) is 108 Å². The first-order chi connectivity index (χ1) is 24.3. The van der Waals surface area contributed by atoms with Gasteiger partial charge in [-0.3, -0.25) is 18.6 Å². The molecule has 0 spiro atoms. The summed E-state index contributed by atoms with van der Waals surface area (Å²) < 4.78 is 32.6. The predicted molar refractivity (Wildman–Crippen MR) is 207 cm³/mol. The standard InChI is InChI=1S/C41H77O8P/c1-4-7-9-11-13-15-17-18-19-20-21-22-23-24-26-28-30-32-34-36-41(43)49-39(38-48-50(44,45)47-6-3)37-46-40(42)35-33-31-29-27-25-16-14-12-10-8-5-2/h12,14,18-19,39H,4-11,13,15-17,20-38H2,1-3H3,(H,44,45)/b14-12-,19-18-. The average molecular weight is 729 g/mol. The SMILES string of the molecule is CCCC/C=C\CCCCCCCC(=O)OCC(COP(=O)(O)OCC)OC(=O)CCCCCCCCCCC/C=C\CCCCCCCC. The van der Waals surface area contributed by atoms with Crippen LogP contribution in [-0.4, -0.2) is 42.8 Å². The highest BCUT2D eigenvalue weighted by Crippen LogP contribution is 2.43. The zero-order valence-electron chi connectivity index (χ0n) is 32.6. The molecule has 0 amide bonds. The van der Waals surface area contributed by atoms with Crippen molar-refractivity contribution in [3.05, 3.63) is 24.3 Å². The molecule has 294 valence electrons. The van der Waals surface area contributed by atoms with Crippen LogP contribution >= 0.6 is 7.82 Å². The van der Waals surface area contributed by atoms with E-state index in [0.29, 0.717) is 6.42 Å². The third kappa shape index (κ3) is 36.3. The van der Waals surface area contributed by atoms with Crippen molar-refractivity contribution in [3.8, 4) is 0 Å². The minimum absolute atomic E-state index is 0.000124. The summed E-state index contributed by atoms with van der Waals surface area (Å²) in [7, 11) is -4.27. The van der Waals surface area contributed by atoms with Gasteiger partial charge in [-0.2, -0.15) is 0 Å². The van der Waals surface area contributed by atoms with E-state index in [2.05, 4.69) is 38.2 Å². The lowest BCUT2D eigenvalue weighted by atomic mass is 10.1. The molecule has 0 aromatic carbocycles. The van der Waals surface area contributed by atoms with Crippen molar-refractivity contribution in [1.29, 1.82) is 0 Å². The molecule has 0 radical (unpaired) electrons. The van der Waals surface area contributed by atoms with Crippen molar-refractivity contribution >= 4 is 19.8 Å². The van der Waals surface area contributed by atoms with Crippen LogP contribution in [0.15, 0.2) is 24.3 Å². The summed E-state index contributed by atoms with van der Waals surface area (Å²) in [5, 5.41) is 0. The molecule has 8 nitrogen and oxygen atoms in total. The van der Waals surface area contributed by atoms with Crippen LogP contribution in [-0.2, 0) is 32.7 Å². The second kappa shape index (κ2) is 37.3. The van der Waals surface area contributed by atoms with Gasteiger partial charge in [0.1, 0.15) is 6.61 Å². The molecular formula is C41H77O8P. The van der Waals surface area contributed by atoms with Gasteiger partial charge in [0.25, 0.3) is 0 Å². The number of phosphoric ester groups is 1. The molecule has 0 bridgehead atoms. The fourth-order valence-electron chi connectivity index (χ4n) is 5.66. The van der Waals surface area contributed by atoms with Gasteiger partial charge in [0.15, 0.2) is 6.10 Å². The second-order valence-electron chi connectivity index (χ2n) is 13.6. The van der Waals surface area contributed by atoms with E-state index in [4.69, 9.17) is 18.5 Å². The van der Waals surface area contributed by atoms with Gasteiger partial charge in [-0.1, -0.05) is 147 Å². The van der Waals surface area contributed by atoms with Crippen LogP contribution in [0.3, 0.4) is 0 Å². The number of hydrogen-bond donors (Lipinski definition) is 1. The molecule has 50 heavy (non-hydrogen) atoms. The monoisotopic (exact) mass is 729 g/mol. The number of allylic oxidation sites excluding steroid dienone is 4. The van der Waals surface area contributed by atoms with Crippen LogP contribution in [0.2, 0.25) is 0 Å². The molecule has 2 unspecified atom stereocenters. The van der Waals surface area contributed by atoms with Gasteiger partial charge in [-0.05, 0) is 64.7 Å². The van der Waals surface area contributed by atoms with Crippen molar-refractivity contribution < 1.29 is 37.6 Å². The summed E-state index contributed by atoms with van der Waals surface area (Å²) in [6.07, 6.45) is 39.5. The number of hydrogen-bond acceptors (Lipinski definition) is 7. The van der Waals surface area contributed by atoms with E-state index in [-0.39, 0.29) is 32.0 Å². The lowest BCUT2D eigenvalue weighted by molar-refractivity contribution is -0.161. The molecular weight excluding hydrogens is 651 g/mol. The van der Waals surface area contributed by atoms with Gasteiger partial charge in [0.05, 0.1) is 13.2 Å². The Kier molecular flexibility index (Phi) is 36.2. The maximum atomic E-state index is 12.5. The van der Waals surface area contributed by atoms with Crippen LogP contribution < -0.4 is 0 Å². The molecule has 0 saturated heterocycles. The van der Waals surface area contributed by atoms with E-state index < -0.39 is 26.5 Å². The van der Waals surface area contributed by atoms with Crippen molar-refractivity contribution in [2.45, 2.75) is 207 Å². The highest BCUT2D eigenvalue weighted by atomic mass is 31.2. The summed E-state index contributed by atoms with van der Waals surface area (Å²) in [5.41, 5.74) is 0. The zero-order valence-corrected chi connectivity index (χ0v) is 33.5. The van der Waals surface area contributed by atoms with Gasteiger partial charge in [0.2, 0.25) is 0 Å². The molecule has 0 aromatic heterocycles. The van der Waals surface area contributed by atoms with Crippen LogP contribution in [0, 0.1) is 0 Å². The molecule has 0 heterocycles. The number of carbonyl (C=O) groups excluding carboxylic acids is 2. The van der Waals surface area contributed by atoms with E-state index in [9.17, 15) is 19.0 Å². The smallest absolute Gasteiger partial charge is 0.462 e. The van der Waals surface area contributed by atoms with Crippen LogP contribution in [0.25, 0.3) is 0 Å². The van der Waals surface area contributed by atoms with Crippen molar-refractivity contribution in [2.75, 3.05) is 19.8 Å². The maximum Gasteiger partial charge on any atom is 0.472 e. The molecule has 0 fully saturated rings. The summed E-state index contributed by atoms with van der Waals surface area (Å²) >= 11 is 0. The Hall–Kier alpha value is -1.47. The van der Waals surface area contributed by atoms with Crippen molar-refractivity contribution in [3.63, 3.8) is 0 Å². The Morgan fingerprint density at radius 1 is 0.520 bits per heavy atom. The third-order valence-electron chi connectivity index (χ3n) is 8.73. The predicted octanol–water partition coefficient (Wildman–Crippen LogP) is 12.7. The first-order valence-electron chi connectivity index (χ1n) is 20.6. The van der Waals surface area contributed by atoms with Crippen LogP contribution in [0.4, 0.5) is 0 Å². The van der Waals surface area contributed by atoms with Gasteiger partial charge in [0, 0.05) is 12.8 Å². The fourth-order valence-corrected chi connectivity index (χ4v) is 6.42. The van der Waals surface area contributed by atoms with Crippen molar-refractivity contribution in [1.82, 2.24) is 0 Å². The van der Waals surface area contributed by atoms with E-state index in [1.54, 1.807) is 6.92 Å². The summed E-state index contributed by atoms with van der Waals surface area (Å²) in [6, 6.07) is 0. The lowest BCUT2D eigenvalue weighted by Crippen LogP contribution is -2.29. The zero-order chi connectivity index (χ0) is 36.8. The first-order valence-corrected chi connectivity index (χ1v) is 22.1. The molecule has 0 rings (SSSR count). The molecule has 2 atom stereocenters. The van der Waals surface area contributed by atoms with Gasteiger partial charge < -0.3 is 14.4 Å². The van der Waals surface area contributed by atoms with Crippen LogP contribution in [0.1, 0.15) is 201 Å². The summed E-state index contributed by atoms with van der Waals surface area (Å²) in [4.78, 5) is 34.6. The van der Waals surface area contributed by atoms with Crippen LogP contribution in [0.5, 0.6) is 0 Å². The number of rotatable bonds is 38. The highest BCUT2D eigenvalue weighted by molar-refractivity contribution is 7.47. The molecule has 0 aromatic rings. The molecule has 0 saturated carbocycles. The first kappa shape index (κ1) is 48.5. The summed E-state index contributed by atoms with van der Waals surface area (Å²) in [6.45, 7) is 5.42. The minimum atomic E-state index is -4.27. The molecule has 1 N–H and O–H groups in total. The third-order valence-corrected chi connectivity index (χ3v) is 9.79. The second-order valence-corrected chi connectivity index (χ2v) is 15.1. The quantitative estimate of drug-likeness (QED) is 0.0290. The normalized spacial score (nSPS) is 13.6. The lowest BCUT2D eigenvalue weighted by Gasteiger charge is -2.19. The molecule has 0 aliphatic heterocycles. The number of phosphoric acid groups is 1. The average Bonchev–Trinajstić information content (AvgIpc) is 3.09. The van der Waals surface area contributed by atoms with Crippen molar-refractivity contribution in [2.24, 2.45) is 0 Å². The van der Waals surface area contributed by atoms with E-state index in [1.807, 2.05) is 0 Å². The fraction of sp³-hybridized carbons (Fsp3) is 0.854. The number of carbonyl (C=O) groups is 2. The highest BCUT2D eigenvalue weighted by Gasteiger charge is 2.25. The number of unbranched alkanes of at least 4 members (excludes halogenated alkanes) is 22. The van der Waals surface area contributed by atoms with Gasteiger partial charge in [-0.15, -0.1) is 0 Å². The maximum absolute atomic E-state index is 12.5. The van der Waals surface area contributed by atoms with E-state index in [1.165, 1.54) is 103 Å². The van der Waals surface area contributed by atoms with Gasteiger partial charge >= 0.3 is 19.8 Å². The Morgan fingerprint density at radius 3 is 1.38 bits per heavy atom. The Morgan fingerprint density at radius 2 is 0.920 bits per heavy atom. The number of esters is 2. The Bertz CT molecular complexity index is 875. The number of ether oxygens (including phenoxy) is 2. The van der Waals surface area contributed by atoms with Gasteiger partial charge in [-0.25, -0.2) is 4.57 Å². The minimum Gasteiger partial charge on any atom is -0.462 e. The summed E-state index contributed by atoms with van der Waals surface area (Å²) in [5.74, 6) is -0.808. The Balaban J connectivity index is 4.06. The molecule has 0 aliphatic carbocycles. The molecule has 0 aliphatic rings. The van der Waals surface area contributed by atoms with E-state index in [0.717, 1.165) is 57.8 Å². The Labute approximate surface area is 307 Å².